The molecule has 5 nitrogen and oxygen atoms in total. The number of carbonyl (C=O) groups is 1. The number of carbonyl (C=O) groups excluding carboxylic acids is 1. The molecular weight excluding hydrogens is 374 g/mol. The third kappa shape index (κ3) is 5.21. The van der Waals surface area contributed by atoms with Gasteiger partial charge in [0.05, 0.1) is 17.3 Å². The fourth-order valence-electron chi connectivity index (χ4n) is 3.00. The molecule has 2 aromatic carbocycles. The second-order valence-electron chi connectivity index (χ2n) is 6.79. The Kier molecular flexibility index (Phi) is 6.85. The summed E-state index contributed by atoms with van der Waals surface area (Å²) in [6, 6.07) is 17.7. The quantitative estimate of drug-likeness (QED) is 0.614. The zero-order chi connectivity index (χ0) is 19.9. The first-order chi connectivity index (χ1) is 13.5. The maximum absolute atomic E-state index is 12.3. The van der Waals surface area contributed by atoms with Crippen LogP contribution in [0.3, 0.4) is 0 Å². The fraction of sp³-hybridized carbons (Fsp3) is 0.273. The molecule has 0 saturated carbocycles. The summed E-state index contributed by atoms with van der Waals surface area (Å²) >= 11 is 6.19. The van der Waals surface area contributed by atoms with E-state index >= 15 is 0 Å². The molecule has 3 rings (SSSR count). The number of nitrogens with zero attached hydrogens (tertiary/aromatic N) is 2. The topological polar surface area (TPSA) is 58.4 Å². The third-order valence-electron chi connectivity index (χ3n) is 4.56. The minimum atomic E-state index is -0.0275. The molecule has 0 aliphatic carbocycles. The largest absolute Gasteiger partial charge is 0.441 e. The van der Waals surface area contributed by atoms with Crippen LogP contribution in [0.25, 0.3) is 11.3 Å². The highest BCUT2D eigenvalue weighted by Gasteiger charge is 2.16. The van der Waals surface area contributed by atoms with Gasteiger partial charge in [0.1, 0.15) is 0 Å². The van der Waals surface area contributed by atoms with Crippen molar-refractivity contribution in [2.24, 2.45) is 0 Å². The fourth-order valence-corrected chi connectivity index (χ4v) is 3.23. The summed E-state index contributed by atoms with van der Waals surface area (Å²) in [5.74, 6) is 1.11. The maximum Gasteiger partial charge on any atom is 0.220 e. The number of hydrogen-bond donors (Lipinski definition) is 1. The summed E-state index contributed by atoms with van der Waals surface area (Å²) in [6.45, 7) is 0.548. The minimum Gasteiger partial charge on any atom is -0.441 e. The Morgan fingerprint density at radius 1 is 1.14 bits per heavy atom. The molecule has 0 saturated heterocycles. The Morgan fingerprint density at radius 2 is 1.86 bits per heavy atom. The lowest BCUT2D eigenvalue weighted by Crippen LogP contribution is -2.34. The molecule has 1 atom stereocenters. The normalized spacial score (nSPS) is 12.1. The number of oxazole rings is 1. The lowest BCUT2D eigenvalue weighted by Gasteiger charge is -2.25. The number of benzene rings is 2. The molecule has 146 valence electrons. The molecule has 0 aliphatic heterocycles. The van der Waals surface area contributed by atoms with E-state index in [-0.39, 0.29) is 11.9 Å². The lowest BCUT2D eigenvalue weighted by molar-refractivity contribution is -0.121. The van der Waals surface area contributed by atoms with Crippen LogP contribution < -0.4 is 5.32 Å². The van der Waals surface area contributed by atoms with Gasteiger partial charge >= 0.3 is 0 Å². The van der Waals surface area contributed by atoms with Gasteiger partial charge < -0.3 is 14.6 Å². The highest BCUT2D eigenvalue weighted by atomic mass is 35.5. The number of aromatic nitrogens is 1. The second kappa shape index (κ2) is 9.53. The van der Waals surface area contributed by atoms with Crippen LogP contribution in [-0.2, 0) is 11.2 Å². The van der Waals surface area contributed by atoms with E-state index in [1.165, 1.54) is 5.56 Å². The predicted octanol–water partition coefficient (Wildman–Crippen LogP) is 4.35. The van der Waals surface area contributed by atoms with Gasteiger partial charge in [-0.05, 0) is 31.8 Å². The van der Waals surface area contributed by atoms with Crippen LogP contribution in [0.1, 0.15) is 23.9 Å². The lowest BCUT2D eigenvalue weighted by atomic mass is 10.1. The first kappa shape index (κ1) is 20.1. The Hall–Kier alpha value is -2.63. The molecule has 1 aromatic heterocycles. The Morgan fingerprint density at radius 3 is 2.57 bits per heavy atom. The number of halogens is 1. The Labute approximate surface area is 170 Å². The molecule has 1 N–H and O–H groups in total. The summed E-state index contributed by atoms with van der Waals surface area (Å²) < 4.78 is 5.75. The van der Waals surface area contributed by atoms with Crippen LogP contribution in [0.4, 0.5) is 0 Å². The van der Waals surface area contributed by atoms with Crippen molar-refractivity contribution in [3.05, 3.63) is 77.3 Å². The van der Waals surface area contributed by atoms with E-state index in [0.29, 0.717) is 36.1 Å². The molecule has 3 aromatic rings. The van der Waals surface area contributed by atoms with Crippen LogP contribution in [0.15, 0.2) is 65.2 Å². The van der Waals surface area contributed by atoms with Crippen molar-refractivity contribution in [3.63, 3.8) is 0 Å². The number of rotatable bonds is 8. The van der Waals surface area contributed by atoms with Crippen LogP contribution in [0.5, 0.6) is 0 Å². The summed E-state index contributed by atoms with van der Waals surface area (Å²) in [4.78, 5) is 18.6. The van der Waals surface area contributed by atoms with Gasteiger partial charge in [-0.1, -0.05) is 54.1 Å². The highest BCUT2D eigenvalue weighted by molar-refractivity contribution is 6.33. The molecule has 0 bridgehead atoms. The van der Waals surface area contributed by atoms with Crippen molar-refractivity contribution in [3.8, 4) is 11.3 Å². The first-order valence-corrected chi connectivity index (χ1v) is 9.60. The number of amides is 1. The Bertz CT molecular complexity index is 909. The van der Waals surface area contributed by atoms with Gasteiger partial charge in [-0.15, -0.1) is 0 Å². The number of hydrogen-bond acceptors (Lipinski definition) is 4. The minimum absolute atomic E-state index is 0.0275. The van der Waals surface area contributed by atoms with Crippen molar-refractivity contribution < 1.29 is 9.21 Å². The van der Waals surface area contributed by atoms with Crippen LogP contribution in [0, 0.1) is 0 Å². The maximum atomic E-state index is 12.3. The van der Waals surface area contributed by atoms with E-state index in [9.17, 15) is 4.79 Å². The van der Waals surface area contributed by atoms with Gasteiger partial charge in [-0.3, -0.25) is 4.79 Å². The van der Waals surface area contributed by atoms with E-state index < -0.39 is 0 Å². The molecule has 28 heavy (non-hydrogen) atoms. The standard InChI is InChI=1S/C22H24ClN3O2/c1-26(2)19(16-8-4-3-5-9-16)14-24-21(27)12-13-22-25-15-20(28-22)17-10-6-7-11-18(17)23/h3-11,15,19H,12-14H2,1-2H3,(H,24,27). The smallest absolute Gasteiger partial charge is 0.220 e. The van der Waals surface area contributed by atoms with Gasteiger partial charge in [0.25, 0.3) is 0 Å². The summed E-state index contributed by atoms with van der Waals surface area (Å²) in [6.07, 6.45) is 2.40. The molecule has 0 aliphatic rings. The molecular formula is C22H24ClN3O2. The molecule has 0 fully saturated rings. The number of aryl methyl sites for hydroxylation is 1. The van der Waals surface area contributed by atoms with Crippen molar-refractivity contribution in [2.75, 3.05) is 20.6 Å². The summed E-state index contributed by atoms with van der Waals surface area (Å²) in [5, 5.41) is 3.62. The third-order valence-corrected chi connectivity index (χ3v) is 4.89. The van der Waals surface area contributed by atoms with Crippen molar-refractivity contribution in [1.82, 2.24) is 15.2 Å². The van der Waals surface area contributed by atoms with Gasteiger partial charge in [-0.2, -0.15) is 0 Å². The van der Waals surface area contributed by atoms with Gasteiger partial charge in [0, 0.05) is 24.9 Å². The van der Waals surface area contributed by atoms with E-state index in [1.807, 2.05) is 50.5 Å². The highest BCUT2D eigenvalue weighted by Crippen LogP contribution is 2.28. The molecule has 0 radical (unpaired) electrons. The van der Waals surface area contributed by atoms with Crippen molar-refractivity contribution in [1.29, 1.82) is 0 Å². The molecule has 6 heteroatoms. The summed E-state index contributed by atoms with van der Waals surface area (Å²) in [5.41, 5.74) is 1.97. The average molecular weight is 398 g/mol. The summed E-state index contributed by atoms with van der Waals surface area (Å²) in [7, 11) is 4.01. The number of likely N-dealkylation sites (N-methyl/N-ethyl adjacent to an activating group) is 1. The zero-order valence-corrected chi connectivity index (χ0v) is 16.8. The van der Waals surface area contributed by atoms with E-state index in [2.05, 4.69) is 27.3 Å². The second-order valence-corrected chi connectivity index (χ2v) is 7.20. The predicted molar refractivity (Wildman–Crippen MR) is 111 cm³/mol. The van der Waals surface area contributed by atoms with E-state index in [0.717, 1.165) is 5.56 Å². The van der Waals surface area contributed by atoms with Gasteiger partial charge in [0.15, 0.2) is 11.7 Å². The Balaban J connectivity index is 1.53. The van der Waals surface area contributed by atoms with Crippen LogP contribution in [0.2, 0.25) is 5.02 Å². The SMILES string of the molecule is CN(C)C(CNC(=O)CCc1ncc(-c2ccccc2Cl)o1)c1ccccc1. The first-order valence-electron chi connectivity index (χ1n) is 9.22. The molecule has 1 amide bonds. The van der Waals surface area contributed by atoms with Crippen molar-refractivity contribution >= 4 is 17.5 Å². The van der Waals surface area contributed by atoms with E-state index in [4.69, 9.17) is 16.0 Å². The average Bonchev–Trinajstić information content (AvgIpc) is 3.16. The molecule has 1 unspecified atom stereocenters. The number of nitrogens with one attached hydrogen (secondary N) is 1. The molecule has 1 heterocycles. The van der Waals surface area contributed by atoms with E-state index in [1.54, 1.807) is 12.3 Å². The molecule has 0 spiro atoms. The van der Waals surface area contributed by atoms with Crippen molar-refractivity contribution in [2.45, 2.75) is 18.9 Å². The van der Waals surface area contributed by atoms with Gasteiger partial charge in [0.2, 0.25) is 5.91 Å². The van der Waals surface area contributed by atoms with Crippen LogP contribution >= 0.6 is 11.6 Å². The monoisotopic (exact) mass is 397 g/mol. The van der Waals surface area contributed by atoms with Crippen LogP contribution in [-0.4, -0.2) is 36.4 Å². The zero-order valence-electron chi connectivity index (χ0n) is 16.1. The van der Waals surface area contributed by atoms with Gasteiger partial charge in [-0.25, -0.2) is 4.98 Å².